The zero-order valence-corrected chi connectivity index (χ0v) is 10.7. The highest BCUT2D eigenvalue weighted by atomic mass is 16.1. The maximum atomic E-state index is 11.2. The Hall–Kier alpha value is -1.77. The third-order valence-corrected chi connectivity index (χ3v) is 3.09. The lowest BCUT2D eigenvalue weighted by molar-refractivity contribution is 0.100. The molecule has 1 aromatic heterocycles. The number of carbonyl (C=O) groups is 1. The van der Waals surface area contributed by atoms with Gasteiger partial charge < -0.3 is 10.7 Å². The van der Waals surface area contributed by atoms with E-state index in [9.17, 15) is 4.79 Å². The van der Waals surface area contributed by atoms with Gasteiger partial charge in [0.25, 0.3) is 0 Å². The molecule has 0 aliphatic rings. The monoisotopic (exact) mass is 230 g/mol. The summed E-state index contributed by atoms with van der Waals surface area (Å²) in [5.74, 6) is -0.384. The van der Waals surface area contributed by atoms with Gasteiger partial charge in [0.05, 0.1) is 0 Å². The van der Waals surface area contributed by atoms with Gasteiger partial charge in [-0.25, -0.2) is 0 Å². The van der Waals surface area contributed by atoms with Gasteiger partial charge in [0, 0.05) is 27.6 Å². The zero-order chi connectivity index (χ0) is 12.8. The lowest BCUT2D eigenvalue weighted by atomic mass is 9.89. The van der Waals surface area contributed by atoms with Crippen LogP contribution in [0.3, 0.4) is 0 Å². The molecule has 0 spiro atoms. The summed E-state index contributed by atoms with van der Waals surface area (Å²) in [5.41, 5.74) is 9.37. The van der Waals surface area contributed by atoms with Gasteiger partial charge in [-0.15, -0.1) is 0 Å². The van der Waals surface area contributed by atoms with Crippen molar-refractivity contribution < 1.29 is 4.79 Å². The van der Waals surface area contributed by atoms with E-state index >= 15 is 0 Å². The number of benzene rings is 1. The van der Waals surface area contributed by atoms with Gasteiger partial charge in [0.2, 0.25) is 5.91 Å². The van der Waals surface area contributed by atoms with Crippen LogP contribution >= 0.6 is 0 Å². The molecule has 17 heavy (non-hydrogen) atoms. The van der Waals surface area contributed by atoms with Crippen molar-refractivity contribution in [1.29, 1.82) is 0 Å². The number of nitrogens with two attached hydrogens (primary N) is 1. The van der Waals surface area contributed by atoms with E-state index in [-0.39, 0.29) is 11.3 Å². The van der Waals surface area contributed by atoms with Crippen LogP contribution in [0.15, 0.2) is 18.2 Å². The fraction of sp³-hybridized carbons (Fsp3) is 0.357. The molecule has 0 saturated heterocycles. The topological polar surface area (TPSA) is 58.9 Å². The van der Waals surface area contributed by atoms with Crippen molar-refractivity contribution >= 4 is 16.8 Å². The number of rotatable bonds is 1. The molecule has 1 aromatic carbocycles. The van der Waals surface area contributed by atoms with Crippen LogP contribution in [0.1, 0.15) is 42.4 Å². The van der Waals surface area contributed by atoms with E-state index in [1.54, 1.807) is 6.07 Å². The molecule has 2 rings (SSSR count). The Labute approximate surface area is 101 Å². The van der Waals surface area contributed by atoms with Gasteiger partial charge in [-0.2, -0.15) is 0 Å². The molecular formula is C14H18N2O. The number of hydrogen-bond acceptors (Lipinski definition) is 1. The predicted molar refractivity (Wildman–Crippen MR) is 70.3 cm³/mol. The van der Waals surface area contributed by atoms with E-state index in [0.29, 0.717) is 5.56 Å². The highest BCUT2D eigenvalue weighted by molar-refractivity contribution is 5.98. The molecule has 0 unspecified atom stereocenters. The van der Waals surface area contributed by atoms with Gasteiger partial charge in [0.1, 0.15) is 0 Å². The average Bonchev–Trinajstić information content (AvgIpc) is 2.55. The minimum Gasteiger partial charge on any atom is -0.366 e. The Morgan fingerprint density at radius 3 is 2.47 bits per heavy atom. The summed E-state index contributed by atoms with van der Waals surface area (Å²) in [6.07, 6.45) is 0. The molecule has 2 aromatic rings. The van der Waals surface area contributed by atoms with E-state index in [2.05, 4.69) is 32.7 Å². The average molecular weight is 230 g/mol. The van der Waals surface area contributed by atoms with Crippen LogP contribution in [0, 0.1) is 6.92 Å². The fourth-order valence-corrected chi connectivity index (χ4v) is 2.23. The number of hydrogen-bond donors (Lipinski definition) is 2. The summed E-state index contributed by atoms with van der Waals surface area (Å²) in [4.78, 5) is 14.6. The Morgan fingerprint density at radius 2 is 1.94 bits per heavy atom. The molecule has 90 valence electrons. The summed E-state index contributed by atoms with van der Waals surface area (Å²) >= 11 is 0. The first-order chi connectivity index (χ1) is 7.80. The van der Waals surface area contributed by atoms with Gasteiger partial charge in [-0.1, -0.05) is 20.8 Å². The second kappa shape index (κ2) is 3.62. The Bertz CT molecular complexity index is 588. The van der Waals surface area contributed by atoms with E-state index in [4.69, 9.17) is 5.73 Å². The van der Waals surface area contributed by atoms with Gasteiger partial charge >= 0.3 is 0 Å². The lowest BCUT2D eigenvalue weighted by Crippen LogP contribution is -2.12. The Balaban J connectivity index is 2.71. The molecule has 0 aliphatic heterocycles. The third-order valence-electron chi connectivity index (χ3n) is 3.09. The highest BCUT2D eigenvalue weighted by Crippen LogP contribution is 2.30. The second-order valence-corrected chi connectivity index (χ2v) is 5.50. The molecule has 3 N–H and O–H groups in total. The minimum atomic E-state index is -0.384. The maximum absolute atomic E-state index is 11.2. The molecule has 1 amide bonds. The summed E-state index contributed by atoms with van der Waals surface area (Å²) in [6, 6.07) is 5.53. The summed E-state index contributed by atoms with van der Waals surface area (Å²) in [7, 11) is 0. The van der Waals surface area contributed by atoms with Crippen molar-refractivity contribution in [2.45, 2.75) is 33.1 Å². The number of primary amides is 1. The van der Waals surface area contributed by atoms with E-state index < -0.39 is 0 Å². The molecule has 1 heterocycles. The van der Waals surface area contributed by atoms with E-state index in [1.165, 1.54) is 11.3 Å². The molecule has 0 fully saturated rings. The van der Waals surface area contributed by atoms with Crippen LogP contribution in [-0.2, 0) is 5.41 Å². The van der Waals surface area contributed by atoms with E-state index in [1.807, 2.05) is 12.1 Å². The third kappa shape index (κ3) is 1.93. The summed E-state index contributed by atoms with van der Waals surface area (Å²) < 4.78 is 0. The number of carbonyl (C=O) groups excluding carboxylic acids is 1. The number of aryl methyl sites for hydroxylation is 1. The number of aromatic amines is 1. The number of aromatic nitrogens is 1. The molecular weight excluding hydrogens is 212 g/mol. The second-order valence-electron chi connectivity index (χ2n) is 5.50. The van der Waals surface area contributed by atoms with E-state index in [0.717, 1.165) is 10.9 Å². The lowest BCUT2D eigenvalue weighted by Gasteiger charge is -2.17. The minimum absolute atomic E-state index is 0.0655. The number of nitrogens with one attached hydrogen (secondary N) is 1. The molecule has 3 heteroatoms. The van der Waals surface area contributed by atoms with Gasteiger partial charge in [-0.05, 0) is 30.7 Å². The largest absolute Gasteiger partial charge is 0.366 e. The zero-order valence-electron chi connectivity index (χ0n) is 10.7. The van der Waals surface area contributed by atoms with Crippen LogP contribution in [0.5, 0.6) is 0 Å². The SMILES string of the molecule is Cc1c(C(C)(C)C)[nH]c2ccc(C(N)=O)cc12. The fourth-order valence-electron chi connectivity index (χ4n) is 2.23. The van der Waals surface area contributed by atoms with Crippen molar-refractivity contribution in [2.75, 3.05) is 0 Å². The van der Waals surface area contributed by atoms with Crippen molar-refractivity contribution in [3.8, 4) is 0 Å². The molecule has 0 bridgehead atoms. The standard InChI is InChI=1S/C14H18N2O/c1-8-10-7-9(13(15)17)5-6-11(10)16-12(8)14(2,3)4/h5-7,16H,1-4H3,(H2,15,17). The van der Waals surface area contributed by atoms with Crippen LogP contribution in [0.4, 0.5) is 0 Å². The quantitative estimate of drug-likeness (QED) is 0.777. The van der Waals surface area contributed by atoms with Crippen molar-refractivity contribution in [2.24, 2.45) is 5.73 Å². The van der Waals surface area contributed by atoms with Crippen LogP contribution in [-0.4, -0.2) is 10.9 Å². The van der Waals surface area contributed by atoms with Gasteiger partial charge in [-0.3, -0.25) is 4.79 Å². The molecule has 3 nitrogen and oxygen atoms in total. The normalized spacial score (nSPS) is 12.0. The Morgan fingerprint density at radius 1 is 1.29 bits per heavy atom. The summed E-state index contributed by atoms with van der Waals surface area (Å²) in [6.45, 7) is 8.57. The van der Waals surface area contributed by atoms with Crippen LogP contribution in [0.25, 0.3) is 10.9 Å². The summed E-state index contributed by atoms with van der Waals surface area (Å²) in [5, 5.41) is 1.08. The van der Waals surface area contributed by atoms with Gasteiger partial charge in [0.15, 0.2) is 0 Å². The smallest absolute Gasteiger partial charge is 0.248 e. The molecule has 0 radical (unpaired) electrons. The first-order valence-electron chi connectivity index (χ1n) is 5.73. The first-order valence-corrected chi connectivity index (χ1v) is 5.73. The number of fused-ring (bicyclic) bond motifs is 1. The molecule has 0 saturated carbocycles. The highest BCUT2D eigenvalue weighted by Gasteiger charge is 2.20. The van der Waals surface area contributed by atoms with Crippen molar-refractivity contribution in [3.05, 3.63) is 35.0 Å². The molecule has 0 atom stereocenters. The van der Waals surface area contributed by atoms with Crippen molar-refractivity contribution in [3.63, 3.8) is 0 Å². The molecule has 0 aliphatic carbocycles. The first kappa shape index (κ1) is 11.7. The Kier molecular flexibility index (Phi) is 2.49. The van der Waals surface area contributed by atoms with Crippen LogP contribution in [0.2, 0.25) is 0 Å². The number of H-pyrrole nitrogens is 1. The van der Waals surface area contributed by atoms with Crippen LogP contribution < -0.4 is 5.73 Å². The predicted octanol–water partition coefficient (Wildman–Crippen LogP) is 2.87. The van der Waals surface area contributed by atoms with Crippen molar-refractivity contribution in [1.82, 2.24) is 4.98 Å². The maximum Gasteiger partial charge on any atom is 0.248 e. The number of amides is 1.